The molecule has 35 heavy (non-hydrogen) atoms. The smallest absolute Gasteiger partial charge is 0.251 e. The normalized spacial score (nSPS) is 13.9. The van der Waals surface area contributed by atoms with Gasteiger partial charge in [-0.3, -0.25) is 4.79 Å². The van der Waals surface area contributed by atoms with E-state index in [0.29, 0.717) is 34.9 Å². The SMILES string of the molecule is COc1ncccc1-c1ccc(O)c(-c2nc3ccc(C(=O)NCCCN4CCCC4)cc3[nH]2)c1. The second kappa shape index (κ2) is 10.1. The van der Waals surface area contributed by atoms with E-state index in [2.05, 4.69) is 25.2 Å². The summed E-state index contributed by atoms with van der Waals surface area (Å²) in [6.07, 6.45) is 5.17. The van der Waals surface area contributed by atoms with Crippen LogP contribution < -0.4 is 10.1 Å². The summed E-state index contributed by atoms with van der Waals surface area (Å²) >= 11 is 0. The Kier molecular flexibility index (Phi) is 6.63. The average Bonchev–Trinajstić information content (AvgIpc) is 3.56. The Bertz CT molecular complexity index is 1340. The molecule has 1 aliphatic heterocycles. The van der Waals surface area contributed by atoms with Crippen LogP contribution in [-0.2, 0) is 0 Å². The van der Waals surface area contributed by atoms with Crippen LogP contribution >= 0.6 is 0 Å². The fourth-order valence-electron chi connectivity index (χ4n) is 4.56. The molecule has 0 unspecified atom stereocenters. The first-order chi connectivity index (χ1) is 17.1. The molecule has 180 valence electrons. The Morgan fingerprint density at radius 2 is 2.00 bits per heavy atom. The number of carbonyl (C=O) groups is 1. The Labute approximate surface area is 204 Å². The van der Waals surface area contributed by atoms with Crippen molar-refractivity contribution in [3.05, 3.63) is 60.3 Å². The third kappa shape index (κ3) is 4.97. The molecule has 0 atom stereocenters. The molecule has 0 spiro atoms. The summed E-state index contributed by atoms with van der Waals surface area (Å²) in [6.45, 7) is 4.01. The summed E-state index contributed by atoms with van der Waals surface area (Å²) in [7, 11) is 1.58. The van der Waals surface area contributed by atoms with Crippen LogP contribution in [0.2, 0.25) is 0 Å². The van der Waals surface area contributed by atoms with Gasteiger partial charge in [0.25, 0.3) is 5.91 Å². The van der Waals surface area contributed by atoms with Crippen molar-refractivity contribution < 1.29 is 14.6 Å². The molecule has 1 aliphatic rings. The zero-order chi connectivity index (χ0) is 24.2. The molecule has 8 nitrogen and oxygen atoms in total. The van der Waals surface area contributed by atoms with E-state index in [9.17, 15) is 9.90 Å². The lowest BCUT2D eigenvalue weighted by Gasteiger charge is -2.14. The number of aromatic amines is 1. The van der Waals surface area contributed by atoms with Crippen LogP contribution in [0.25, 0.3) is 33.5 Å². The number of fused-ring (bicyclic) bond motifs is 1. The first-order valence-corrected chi connectivity index (χ1v) is 12.0. The van der Waals surface area contributed by atoms with E-state index in [-0.39, 0.29) is 11.7 Å². The number of amides is 1. The highest BCUT2D eigenvalue weighted by molar-refractivity contribution is 5.97. The number of nitrogens with zero attached hydrogens (tertiary/aromatic N) is 3. The van der Waals surface area contributed by atoms with Crippen LogP contribution in [0.15, 0.2) is 54.7 Å². The fraction of sp³-hybridized carbons (Fsp3) is 0.296. The minimum absolute atomic E-state index is 0.0991. The van der Waals surface area contributed by atoms with E-state index >= 15 is 0 Å². The first kappa shape index (κ1) is 22.9. The molecular weight excluding hydrogens is 442 g/mol. The Hall–Kier alpha value is -3.91. The van der Waals surface area contributed by atoms with Crippen molar-refractivity contribution in [3.63, 3.8) is 0 Å². The minimum Gasteiger partial charge on any atom is -0.507 e. The maximum absolute atomic E-state index is 12.7. The van der Waals surface area contributed by atoms with E-state index in [1.165, 1.54) is 25.9 Å². The van der Waals surface area contributed by atoms with Crippen molar-refractivity contribution in [2.45, 2.75) is 19.3 Å². The summed E-state index contributed by atoms with van der Waals surface area (Å²) in [5.41, 5.74) is 4.24. The van der Waals surface area contributed by atoms with Crippen LogP contribution in [0.3, 0.4) is 0 Å². The predicted molar refractivity (Wildman–Crippen MR) is 136 cm³/mol. The number of hydrogen-bond acceptors (Lipinski definition) is 6. The van der Waals surface area contributed by atoms with Crippen LogP contribution in [0.1, 0.15) is 29.6 Å². The number of H-pyrrole nitrogens is 1. The summed E-state index contributed by atoms with van der Waals surface area (Å²) in [4.78, 5) is 27.3. The van der Waals surface area contributed by atoms with Gasteiger partial charge in [-0.1, -0.05) is 6.07 Å². The first-order valence-electron chi connectivity index (χ1n) is 12.0. The van der Waals surface area contributed by atoms with Crippen molar-refractivity contribution in [2.75, 3.05) is 33.3 Å². The number of phenols is 1. The molecule has 1 fully saturated rings. The average molecular weight is 472 g/mol. The number of carbonyl (C=O) groups excluding carboxylic acids is 1. The number of pyridine rings is 1. The van der Waals surface area contributed by atoms with Gasteiger partial charge in [-0.15, -0.1) is 0 Å². The number of methoxy groups -OCH3 is 1. The van der Waals surface area contributed by atoms with E-state index in [0.717, 1.165) is 29.6 Å². The Morgan fingerprint density at radius 3 is 2.83 bits per heavy atom. The Balaban J connectivity index is 1.34. The summed E-state index contributed by atoms with van der Waals surface area (Å²) in [5, 5.41) is 13.6. The highest BCUT2D eigenvalue weighted by Gasteiger charge is 2.15. The quantitative estimate of drug-likeness (QED) is 0.333. The highest BCUT2D eigenvalue weighted by Crippen LogP contribution is 2.35. The lowest BCUT2D eigenvalue weighted by Crippen LogP contribution is -2.28. The number of aromatic hydroxyl groups is 1. The van der Waals surface area contributed by atoms with Gasteiger partial charge in [-0.05, 0) is 86.9 Å². The van der Waals surface area contributed by atoms with Crippen molar-refractivity contribution in [3.8, 4) is 34.1 Å². The number of likely N-dealkylation sites (tertiary alicyclic amines) is 1. The van der Waals surface area contributed by atoms with Gasteiger partial charge in [0.15, 0.2) is 0 Å². The molecule has 3 N–H and O–H groups in total. The standard InChI is InChI=1S/C27H29N5O3/c1-35-27-20(6-4-11-29-27)18-8-10-24(33)21(16-18)25-30-22-9-7-19(17-23(22)31-25)26(34)28-12-5-15-32-13-2-3-14-32/h4,6-11,16-17,33H,2-3,5,12-15H2,1H3,(H,28,34)(H,30,31). The minimum atomic E-state index is -0.0991. The lowest BCUT2D eigenvalue weighted by molar-refractivity contribution is 0.0952. The molecule has 3 heterocycles. The van der Waals surface area contributed by atoms with Gasteiger partial charge in [-0.2, -0.15) is 0 Å². The zero-order valence-corrected chi connectivity index (χ0v) is 19.8. The molecule has 1 saturated heterocycles. The van der Waals surface area contributed by atoms with E-state index in [1.807, 2.05) is 30.3 Å². The molecule has 2 aromatic heterocycles. The monoisotopic (exact) mass is 471 g/mol. The molecule has 0 saturated carbocycles. The van der Waals surface area contributed by atoms with Gasteiger partial charge in [-0.25, -0.2) is 9.97 Å². The number of ether oxygens (including phenoxy) is 1. The van der Waals surface area contributed by atoms with Gasteiger partial charge in [0.1, 0.15) is 11.6 Å². The van der Waals surface area contributed by atoms with Crippen molar-refractivity contribution in [2.24, 2.45) is 0 Å². The third-order valence-electron chi connectivity index (χ3n) is 6.41. The van der Waals surface area contributed by atoms with E-state index in [4.69, 9.17) is 4.74 Å². The maximum atomic E-state index is 12.7. The molecule has 1 amide bonds. The van der Waals surface area contributed by atoms with Crippen LogP contribution in [0, 0.1) is 0 Å². The predicted octanol–water partition coefficient (Wildman–Crippen LogP) is 4.22. The van der Waals surface area contributed by atoms with Crippen LogP contribution in [0.4, 0.5) is 0 Å². The third-order valence-corrected chi connectivity index (χ3v) is 6.41. The molecule has 0 aliphatic carbocycles. The van der Waals surface area contributed by atoms with Crippen LogP contribution in [-0.4, -0.2) is 64.2 Å². The topological polar surface area (TPSA) is 103 Å². The van der Waals surface area contributed by atoms with Gasteiger partial charge in [0.05, 0.1) is 23.7 Å². The lowest BCUT2D eigenvalue weighted by atomic mass is 10.0. The fourth-order valence-corrected chi connectivity index (χ4v) is 4.56. The number of benzene rings is 2. The Morgan fingerprint density at radius 1 is 1.14 bits per heavy atom. The van der Waals surface area contributed by atoms with Gasteiger partial charge in [0, 0.05) is 23.9 Å². The largest absolute Gasteiger partial charge is 0.507 e. The second-order valence-electron chi connectivity index (χ2n) is 8.77. The van der Waals surface area contributed by atoms with Crippen molar-refractivity contribution in [1.82, 2.24) is 25.2 Å². The molecule has 8 heteroatoms. The number of aromatic nitrogens is 3. The molecule has 0 bridgehead atoms. The van der Waals surface area contributed by atoms with Gasteiger partial charge >= 0.3 is 0 Å². The number of nitrogens with one attached hydrogen (secondary N) is 2. The van der Waals surface area contributed by atoms with Crippen molar-refractivity contribution >= 4 is 16.9 Å². The zero-order valence-electron chi connectivity index (χ0n) is 19.8. The maximum Gasteiger partial charge on any atom is 0.251 e. The summed E-state index contributed by atoms with van der Waals surface area (Å²) < 4.78 is 5.38. The van der Waals surface area contributed by atoms with Gasteiger partial charge in [0.2, 0.25) is 5.88 Å². The van der Waals surface area contributed by atoms with Crippen LogP contribution in [0.5, 0.6) is 11.6 Å². The molecule has 5 rings (SSSR count). The molecular formula is C27H29N5O3. The molecule has 2 aromatic carbocycles. The second-order valence-corrected chi connectivity index (χ2v) is 8.77. The number of imidazole rings is 1. The van der Waals surface area contributed by atoms with E-state index in [1.54, 1.807) is 31.5 Å². The molecule has 0 radical (unpaired) electrons. The summed E-state index contributed by atoms with van der Waals surface area (Å²) in [6, 6.07) is 14.4. The number of rotatable bonds is 8. The van der Waals surface area contributed by atoms with Crippen molar-refractivity contribution in [1.29, 1.82) is 0 Å². The summed E-state index contributed by atoms with van der Waals surface area (Å²) in [5.74, 6) is 1.03. The number of phenolic OH excluding ortho intramolecular Hbond substituents is 1. The highest BCUT2D eigenvalue weighted by atomic mass is 16.5. The van der Waals surface area contributed by atoms with Gasteiger partial charge < -0.3 is 25.0 Å². The van der Waals surface area contributed by atoms with E-state index < -0.39 is 0 Å². The number of hydrogen-bond donors (Lipinski definition) is 3. The molecule has 4 aromatic rings.